The lowest BCUT2D eigenvalue weighted by atomic mass is 10.1. The number of halogens is 3. The number of carbonyl (C=O) groups excluding carboxylic acids is 1. The highest BCUT2D eigenvalue weighted by Gasteiger charge is 2.25. The highest BCUT2D eigenvalue weighted by molar-refractivity contribution is 7.92. The molecule has 1 aromatic heterocycles. The summed E-state index contributed by atoms with van der Waals surface area (Å²) in [6.07, 6.45) is 1.46. The van der Waals surface area contributed by atoms with Gasteiger partial charge in [-0.25, -0.2) is 12.8 Å². The van der Waals surface area contributed by atoms with Gasteiger partial charge in [0, 0.05) is 23.7 Å². The first-order chi connectivity index (χ1) is 19.2. The zero-order valence-electron chi connectivity index (χ0n) is 21.0. The fourth-order valence-corrected chi connectivity index (χ4v) is 5.89. The number of H-pyrrole nitrogens is 1. The molecule has 0 aliphatic heterocycles. The number of hydrogen-bond donors (Lipinski definition) is 3. The first kappa shape index (κ1) is 27.5. The van der Waals surface area contributed by atoms with Crippen molar-refractivity contribution in [1.82, 2.24) is 10.3 Å². The van der Waals surface area contributed by atoms with Crippen molar-refractivity contribution in [3.8, 4) is 11.5 Å². The van der Waals surface area contributed by atoms with Gasteiger partial charge in [-0.05, 0) is 48.9 Å². The van der Waals surface area contributed by atoms with Crippen molar-refractivity contribution in [2.45, 2.75) is 18.4 Å². The summed E-state index contributed by atoms with van der Waals surface area (Å²) in [5, 5.41) is 3.69. The third kappa shape index (κ3) is 5.49. The predicted octanol–water partition coefficient (Wildman–Crippen LogP) is 7.45. The molecule has 0 fully saturated rings. The predicted molar refractivity (Wildman–Crippen MR) is 154 cm³/mol. The highest BCUT2D eigenvalue weighted by Crippen LogP contribution is 2.36. The number of amides is 1. The Labute approximate surface area is 239 Å². The van der Waals surface area contributed by atoms with Gasteiger partial charge in [-0.3, -0.25) is 9.52 Å². The Balaban J connectivity index is 1.36. The Morgan fingerprint density at radius 3 is 2.42 bits per heavy atom. The van der Waals surface area contributed by atoms with Crippen LogP contribution >= 0.6 is 23.2 Å². The van der Waals surface area contributed by atoms with Crippen LogP contribution in [-0.2, 0) is 16.6 Å². The Morgan fingerprint density at radius 1 is 0.925 bits per heavy atom. The number of para-hydroxylation sites is 2. The second-order valence-corrected chi connectivity index (χ2v) is 11.3. The van der Waals surface area contributed by atoms with Crippen LogP contribution in [0.1, 0.15) is 21.5 Å². The van der Waals surface area contributed by atoms with Gasteiger partial charge in [-0.15, -0.1) is 0 Å². The molecule has 1 amide bonds. The molecular weight excluding hydrogens is 576 g/mol. The lowest BCUT2D eigenvalue weighted by Gasteiger charge is -2.14. The fourth-order valence-electron chi connectivity index (χ4n) is 4.16. The summed E-state index contributed by atoms with van der Waals surface area (Å²) in [5.74, 6) is -0.786. The minimum atomic E-state index is -4.44. The van der Waals surface area contributed by atoms with Crippen LogP contribution in [0, 0.1) is 12.7 Å². The SMILES string of the molecule is Cc1ccccc1Oc1ccccc1CNC(=O)c1cccc(S(=O)(=O)Nc2ccc(Cl)c3c(Cl)c[nH]c23)c1F. The standard InChI is InChI=1S/C29H22Cl2FN3O4S/c1-17-7-2-4-10-23(17)39-24-11-5-3-8-18(24)15-34-29(36)19-9-6-12-25(27(19)32)40(37,38)35-22-14-13-20(30)26-21(31)16-33-28(22)26/h2-14,16,33,35H,15H2,1H3,(H,34,36). The Hall–Kier alpha value is -4.05. The molecule has 0 aliphatic rings. The summed E-state index contributed by atoms with van der Waals surface area (Å²) >= 11 is 12.3. The van der Waals surface area contributed by atoms with Crippen LogP contribution in [0.2, 0.25) is 10.0 Å². The molecule has 0 unspecified atom stereocenters. The van der Waals surface area contributed by atoms with Crippen molar-refractivity contribution in [2.24, 2.45) is 0 Å². The fraction of sp³-hybridized carbons (Fsp3) is 0.0690. The normalized spacial score (nSPS) is 11.4. The van der Waals surface area contributed by atoms with Gasteiger partial charge in [-0.1, -0.05) is 65.7 Å². The van der Waals surface area contributed by atoms with Gasteiger partial charge < -0.3 is 15.0 Å². The number of hydrogen-bond acceptors (Lipinski definition) is 4. The smallest absolute Gasteiger partial charge is 0.264 e. The topological polar surface area (TPSA) is 100 Å². The monoisotopic (exact) mass is 597 g/mol. The van der Waals surface area contributed by atoms with Crippen molar-refractivity contribution in [1.29, 1.82) is 0 Å². The van der Waals surface area contributed by atoms with Crippen LogP contribution in [-0.4, -0.2) is 19.3 Å². The van der Waals surface area contributed by atoms with Gasteiger partial charge in [0.25, 0.3) is 15.9 Å². The Kier molecular flexibility index (Phi) is 7.71. The maximum Gasteiger partial charge on any atom is 0.264 e. The van der Waals surface area contributed by atoms with E-state index >= 15 is 4.39 Å². The van der Waals surface area contributed by atoms with Gasteiger partial charge in [0.05, 0.1) is 26.8 Å². The average molecular weight is 598 g/mol. The molecule has 0 radical (unpaired) electrons. The summed E-state index contributed by atoms with van der Waals surface area (Å²) in [7, 11) is -4.44. The van der Waals surface area contributed by atoms with Crippen LogP contribution in [0.25, 0.3) is 10.9 Å². The summed E-state index contributed by atoms with van der Waals surface area (Å²) in [5.41, 5.74) is 1.62. The molecule has 0 spiro atoms. The van der Waals surface area contributed by atoms with Crippen molar-refractivity contribution in [3.63, 3.8) is 0 Å². The number of fused-ring (bicyclic) bond motifs is 1. The summed E-state index contributed by atoms with van der Waals surface area (Å²) in [6, 6.07) is 21.1. The maximum atomic E-state index is 15.5. The number of nitrogens with one attached hydrogen (secondary N) is 3. The lowest BCUT2D eigenvalue weighted by molar-refractivity contribution is 0.0946. The number of benzene rings is 4. The van der Waals surface area contributed by atoms with Crippen molar-refractivity contribution in [2.75, 3.05) is 4.72 Å². The number of rotatable bonds is 8. The average Bonchev–Trinajstić information content (AvgIpc) is 3.33. The first-order valence-electron chi connectivity index (χ1n) is 12.0. The molecule has 0 bridgehead atoms. The van der Waals surface area contributed by atoms with Crippen LogP contribution in [0.5, 0.6) is 11.5 Å². The number of sulfonamides is 1. The molecule has 0 saturated heterocycles. The molecule has 204 valence electrons. The number of anilines is 1. The van der Waals surface area contributed by atoms with Gasteiger partial charge in [-0.2, -0.15) is 0 Å². The van der Waals surface area contributed by atoms with Crippen LogP contribution in [0.15, 0.2) is 90.0 Å². The molecule has 3 N–H and O–H groups in total. The third-order valence-electron chi connectivity index (χ3n) is 6.20. The number of aromatic nitrogens is 1. The molecule has 4 aromatic carbocycles. The first-order valence-corrected chi connectivity index (χ1v) is 14.3. The zero-order chi connectivity index (χ0) is 28.4. The molecule has 5 rings (SSSR count). The van der Waals surface area contributed by atoms with Gasteiger partial charge >= 0.3 is 0 Å². The van der Waals surface area contributed by atoms with E-state index < -0.39 is 32.2 Å². The molecule has 7 nitrogen and oxygen atoms in total. The zero-order valence-corrected chi connectivity index (χ0v) is 23.3. The minimum Gasteiger partial charge on any atom is -0.457 e. The second-order valence-electron chi connectivity index (χ2n) is 8.86. The molecule has 0 aliphatic carbocycles. The lowest BCUT2D eigenvalue weighted by Crippen LogP contribution is -2.25. The van der Waals surface area contributed by atoms with Gasteiger partial charge in [0.2, 0.25) is 0 Å². The molecule has 40 heavy (non-hydrogen) atoms. The van der Waals surface area contributed by atoms with E-state index in [-0.39, 0.29) is 12.2 Å². The summed E-state index contributed by atoms with van der Waals surface area (Å²) in [4.78, 5) is 15.1. The Morgan fingerprint density at radius 2 is 1.65 bits per heavy atom. The van der Waals surface area contributed by atoms with Crippen LogP contribution < -0.4 is 14.8 Å². The van der Waals surface area contributed by atoms with Gasteiger partial charge in [0.15, 0.2) is 5.82 Å². The molecule has 1 heterocycles. The summed E-state index contributed by atoms with van der Waals surface area (Å²) in [6.45, 7) is 1.94. The highest BCUT2D eigenvalue weighted by atomic mass is 35.5. The van der Waals surface area contributed by atoms with Crippen molar-refractivity contribution < 1.29 is 22.3 Å². The molecule has 5 aromatic rings. The molecule has 11 heteroatoms. The van der Waals surface area contributed by atoms with E-state index in [0.717, 1.165) is 11.6 Å². The van der Waals surface area contributed by atoms with Crippen LogP contribution in [0.3, 0.4) is 0 Å². The largest absolute Gasteiger partial charge is 0.457 e. The van der Waals surface area contributed by atoms with E-state index in [4.69, 9.17) is 27.9 Å². The quantitative estimate of drug-likeness (QED) is 0.173. The van der Waals surface area contributed by atoms with E-state index in [1.165, 1.54) is 30.5 Å². The molecule has 0 saturated carbocycles. The van der Waals surface area contributed by atoms with E-state index in [1.807, 2.05) is 31.2 Å². The number of aryl methyl sites for hydroxylation is 1. The van der Waals surface area contributed by atoms with Crippen molar-refractivity contribution in [3.05, 3.63) is 118 Å². The van der Waals surface area contributed by atoms with E-state index in [1.54, 1.807) is 24.3 Å². The number of aromatic amines is 1. The molecule has 0 atom stereocenters. The minimum absolute atomic E-state index is 0.0197. The number of ether oxygens (including phenoxy) is 1. The number of carbonyl (C=O) groups is 1. The van der Waals surface area contributed by atoms with Crippen LogP contribution in [0.4, 0.5) is 10.1 Å². The van der Waals surface area contributed by atoms with E-state index in [0.29, 0.717) is 38.0 Å². The summed E-state index contributed by atoms with van der Waals surface area (Å²) < 4.78 is 50.2. The maximum absolute atomic E-state index is 15.5. The van der Waals surface area contributed by atoms with E-state index in [2.05, 4.69) is 15.0 Å². The van der Waals surface area contributed by atoms with E-state index in [9.17, 15) is 13.2 Å². The Bertz CT molecular complexity index is 1860. The second kappa shape index (κ2) is 11.2. The van der Waals surface area contributed by atoms with Crippen molar-refractivity contribution >= 4 is 55.7 Å². The van der Waals surface area contributed by atoms with Gasteiger partial charge in [0.1, 0.15) is 16.4 Å². The molecular formula is C29H22Cl2FN3O4S. The third-order valence-corrected chi connectivity index (χ3v) is 8.20.